The number of carbonyl (C=O) groups is 2. The number of nitrogens with zero attached hydrogens (tertiary/aromatic N) is 3. The quantitative estimate of drug-likeness (QED) is 0.428. The fourth-order valence-corrected chi connectivity index (χ4v) is 8.39. The molecule has 0 spiro atoms. The molecule has 9 heteroatoms. The van der Waals surface area contributed by atoms with Gasteiger partial charge in [-0.2, -0.15) is 10.4 Å². The molecule has 0 amide bonds. The number of rotatable bonds is 3. The van der Waals surface area contributed by atoms with Crippen molar-refractivity contribution in [1.29, 1.82) is 5.26 Å². The summed E-state index contributed by atoms with van der Waals surface area (Å²) in [7, 11) is 0. The van der Waals surface area contributed by atoms with E-state index in [1.165, 1.54) is 51.4 Å². The largest absolute Gasteiger partial charge is 0.503 e. The number of Topliss-reactive ketones (excluding diaryl/α,β-unsaturated/α-hetero) is 1. The normalized spacial score (nSPS) is 36.9. The zero-order valence-corrected chi connectivity index (χ0v) is 26.6. The van der Waals surface area contributed by atoms with Crippen molar-refractivity contribution in [2.24, 2.45) is 46.8 Å². The number of nitriles is 1. The average molecular weight is 728 g/mol. The van der Waals surface area contributed by atoms with E-state index in [0.29, 0.717) is 17.9 Å². The van der Waals surface area contributed by atoms with Crippen LogP contribution in [0.15, 0.2) is 12.4 Å². The molecule has 35 heavy (non-hydrogen) atoms. The van der Waals surface area contributed by atoms with Crippen LogP contribution in [0.25, 0.3) is 0 Å². The van der Waals surface area contributed by atoms with E-state index in [9.17, 15) is 4.79 Å². The molecule has 0 aromatic carbocycles. The SMILES string of the molecule is C[C@H]1CC[C@@H]2C3CC[C@@]4(C)C(CC[C@@H]4C(=O)Cn4cc(C#N)cn4)[C@@H]3CC[C@@H]2C1.O=C(O)O.[W].[Y]. The van der Waals surface area contributed by atoms with E-state index in [-0.39, 0.29) is 65.1 Å². The van der Waals surface area contributed by atoms with Gasteiger partial charge in [0.1, 0.15) is 6.07 Å². The van der Waals surface area contributed by atoms with Crippen LogP contribution in [-0.2, 0) is 65.1 Å². The molecule has 2 unspecified atom stereocenters. The molecule has 5 rings (SSSR count). The molecular formula is C26H37N3O4WY. The summed E-state index contributed by atoms with van der Waals surface area (Å²) >= 11 is 0. The van der Waals surface area contributed by atoms with Gasteiger partial charge in [-0.05, 0) is 92.3 Å². The minimum Gasteiger partial charge on any atom is -0.450 e. The Hall–Kier alpha value is -0.568. The smallest absolute Gasteiger partial charge is 0.450 e. The summed E-state index contributed by atoms with van der Waals surface area (Å²) in [5, 5.41) is 27.2. The maximum Gasteiger partial charge on any atom is 0.503 e. The first-order chi connectivity index (χ1) is 15.7. The number of aromatic nitrogens is 2. The van der Waals surface area contributed by atoms with Gasteiger partial charge in [0, 0.05) is 65.9 Å². The van der Waals surface area contributed by atoms with Gasteiger partial charge in [0.15, 0.2) is 5.78 Å². The second-order valence-corrected chi connectivity index (χ2v) is 11.3. The van der Waals surface area contributed by atoms with E-state index < -0.39 is 6.16 Å². The van der Waals surface area contributed by atoms with Crippen molar-refractivity contribution in [3.8, 4) is 6.07 Å². The van der Waals surface area contributed by atoms with Crippen molar-refractivity contribution < 1.29 is 73.6 Å². The third-order valence-electron chi connectivity index (χ3n) is 9.69. The summed E-state index contributed by atoms with van der Waals surface area (Å²) in [6.07, 6.45) is 13.5. The second-order valence-electron chi connectivity index (χ2n) is 11.3. The van der Waals surface area contributed by atoms with E-state index in [0.717, 1.165) is 41.9 Å². The number of carbonyl (C=O) groups excluding carboxylic acids is 1. The summed E-state index contributed by atoms with van der Waals surface area (Å²) in [5.41, 5.74) is 0.713. The van der Waals surface area contributed by atoms with Crippen molar-refractivity contribution in [2.45, 2.75) is 78.2 Å². The summed E-state index contributed by atoms with van der Waals surface area (Å²) in [6.45, 7) is 5.21. The predicted octanol–water partition coefficient (Wildman–Crippen LogP) is 5.45. The third kappa shape index (κ3) is 6.47. The Morgan fingerprint density at radius 3 is 2.46 bits per heavy atom. The Labute approximate surface area is 247 Å². The fraction of sp³-hybridized carbons (Fsp3) is 0.769. The van der Waals surface area contributed by atoms with Crippen LogP contribution in [-0.4, -0.2) is 31.9 Å². The van der Waals surface area contributed by atoms with Gasteiger partial charge in [0.05, 0.1) is 18.3 Å². The number of hydrogen-bond acceptors (Lipinski definition) is 4. The van der Waals surface area contributed by atoms with Gasteiger partial charge >= 0.3 is 6.16 Å². The molecule has 4 aliphatic rings. The van der Waals surface area contributed by atoms with Crippen LogP contribution in [0.4, 0.5) is 4.79 Å². The van der Waals surface area contributed by atoms with E-state index in [1.807, 2.05) is 0 Å². The molecule has 0 saturated heterocycles. The molecule has 8 atom stereocenters. The van der Waals surface area contributed by atoms with Crippen molar-refractivity contribution in [1.82, 2.24) is 9.78 Å². The Balaban J connectivity index is 0.000000672. The molecule has 1 aromatic heterocycles. The molecule has 4 saturated carbocycles. The van der Waals surface area contributed by atoms with Gasteiger partial charge in [-0.3, -0.25) is 9.48 Å². The first-order valence-corrected chi connectivity index (χ1v) is 12.6. The summed E-state index contributed by atoms with van der Waals surface area (Å²) in [4.78, 5) is 21.8. The van der Waals surface area contributed by atoms with Crippen LogP contribution in [0.3, 0.4) is 0 Å². The number of fused-ring (bicyclic) bond motifs is 5. The van der Waals surface area contributed by atoms with Gasteiger partial charge in [-0.15, -0.1) is 0 Å². The van der Waals surface area contributed by atoms with Crippen molar-refractivity contribution in [3.05, 3.63) is 18.0 Å². The number of carboxylic acid groups (broad SMARTS) is 2. The number of ketones is 1. The molecule has 4 fully saturated rings. The molecule has 1 heterocycles. The monoisotopic (exact) mass is 728 g/mol. The molecule has 1 radical (unpaired) electrons. The van der Waals surface area contributed by atoms with E-state index in [2.05, 4.69) is 25.0 Å². The molecule has 7 nitrogen and oxygen atoms in total. The summed E-state index contributed by atoms with van der Waals surface area (Å²) < 4.78 is 1.66. The molecule has 0 aliphatic heterocycles. The molecule has 189 valence electrons. The van der Waals surface area contributed by atoms with E-state index in [1.54, 1.807) is 17.1 Å². The molecule has 1 aromatic rings. The van der Waals surface area contributed by atoms with Crippen LogP contribution in [0.1, 0.15) is 77.2 Å². The summed E-state index contributed by atoms with van der Waals surface area (Å²) in [6, 6.07) is 2.10. The molecule has 2 N–H and O–H groups in total. The zero-order valence-electron chi connectivity index (χ0n) is 20.8. The minimum atomic E-state index is -1.83. The van der Waals surface area contributed by atoms with Gasteiger partial charge in [0.25, 0.3) is 0 Å². The Kier molecular flexibility index (Phi) is 11.2. The fourth-order valence-electron chi connectivity index (χ4n) is 8.39. The molecular weight excluding hydrogens is 691 g/mol. The van der Waals surface area contributed by atoms with Gasteiger partial charge in [0.2, 0.25) is 0 Å². The Morgan fingerprint density at radius 2 is 1.80 bits per heavy atom. The number of hydrogen-bond donors (Lipinski definition) is 2. The van der Waals surface area contributed by atoms with Crippen molar-refractivity contribution in [2.75, 3.05) is 0 Å². The van der Waals surface area contributed by atoms with E-state index in [4.69, 9.17) is 20.3 Å². The van der Waals surface area contributed by atoms with Crippen LogP contribution >= 0.6 is 0 Å². The van der Waals surface area contributed by atoms with Crippen LogP contribution < -0.4 is 0 Å². The topological polar surface area (TPSA) is 116 Å². The van der Waals surface area contributed by atoms with E-state index >= 15 is 0 Å². The molecule has 4 aliphatic carbocycles. The Morgan fingerprint density at radius 1 is 1.11 bits per heavy atom. The minimum absolute atomic E-state index is 0. The van der Waals surface area contributed by atoms with Crippen molar-refractivity contribution in [3.63, 3.8) is 0 Å². The first-order valence-electron chi connectivity index (χ1n) is 12.6. The standard InChI is InChI=1S/C25H35N3O.CH2O3.W.Y/c1-16-3-5-19-18(11-16)4-6-21-20(19)9-10-25(2)22(21)7-8-23(25)24(29)15-28-14-17(12-26)13-27-28;2-1(3)4;;/h13-14,16,18-23H,3-11,15H2,1-2H3;(H2,2,3,4);;/t16-,18+,19-,20?,21+,22?,23+,25-;;;/m0.../s1. The maximum absolute atomic E-state index is 13.3. The molecule has 0 bridgehead atoms. The predicted molar refractivity (Wildman–Crippen MR) is 122 cm³/mol. The maximum atomic E-state index is 13.3. The summed E-state index contributed by atoms with van der Waals surface area (Å²) in [5.74, 6) is 5.92. The Bertz CT molecular complexity index is 930. The van der Waals surface area contributed by atoms with Crippen molar-refractivity contribution >= 4 is 11.9 Å². The third-order valence-corrected chi connectivity index (χ3v) is 9.69. The van der Waals surface area contributed by atoms with Gasteiger partial charge in [-0.25, -0.2) is 4.79 Å². The van der Waals surface area contributed by atoms with Gasteiger partial charge in [-0.1, -0.05) is 20.3 Å². The van der Waals surface area contributed by atoms with Crippen LogP contribution in [0, 0.1) is 58.2 Å². The van der Waals surface area contributed by atoms with Crippen LogP contribution in [0.2, 0.25) is 0 Å². The van der Waals surface area contributed by atoms with Crippen LogP contribution in [0.5, 0.6) is 0 Å². The van der Waals surface area contributed by atoms with Gasteiger partial charge < -0.3 is 10.2 Å². The first kappa shape index (κ1) is 30.7. The average Bonchev–Trinajstić information content (AvgIpc) is 3.36. The zero-order chi connectivity index (χ0) is 23.8. The second kappa shape index (κ2) is 12.8.